The molecule has 0 saturated carbocycles. The Morgan fingerprint density at radius 3 is 2.56 bits per heavy atom. The van der Waals surface area contributed by atoms with Crippen LogP contribution in [-0.2, 0) is 11.2 Å². The number of ether oxygens (including phenoxy) is 1. The van der Waals surface area contributed by atoms with Crippen molar-refractivity contribution in [3.8, 4) is 0 Å². The highest BCUT2D eigenvalue weighted by molar-refractivity contribution is 14.1. The number of halogens is 1. The zero-order valence-corrected chi connectivity index (χ0v) is 12.0. The first-order chi connectivity index (χ1) is 7.83. The minimum Gasteiger partial charge on any atom is -0.383 e. The van der Waals surface area contributed by atoms with E-state index in [-0.39, 0.29) is 0 Å². The second kappa shape index (κ2) is 8.96. The van der Waals surface area contributed by atoms with Gasteiger partial charge in [-0.2, -0.15) is 0 Å². The first-order valence-corrected chi connectivity index (χ1v) is 6.85. The Kier molecular flexibility index (Phi) is 7.80. The Balaban J connectivity index is 2.01. The third kappa shape index (κ3) is 6.45. The highest BCUT2D eigenvalue weighted by Gasteiger charge is 1.93. The van der Waals surface area contributed by atoms with Crippen LogP contribution in [0.2, 0.25) is 0 Å². The molecule has 1 rings (SSSR count). The second-order valence-electron chi connectivity index (χ2n) is 3.83. The van der Waals surface area contributed by atoms with E-state index in [1.807, 2.05) is 0 Å². The van der Waals surface area contributed by atoms with Gasteiger partial charge in [-0.1, -0.05) is 12.1 Å². The fraction of sp³-hybridized carbons (Fsp3) is 0.538. The number of aryl methyl sites for hydroxylation is 1. The van der Waals surface area contributed by atoms with Gasteiger partial charge in [-0.15, -0.1) is 0 Å². The van der Waals surface area contributed by atoms with Gasteiger partial charge < -0.3 is 10.1 Å². The zero-order valence-electron chi connectivity index (χ0n) is 9.84. The monoisotopic (exact) mass is 333 g/mol. The quantitative estimate of drug-likeness (QED) is 0.584. The largest absolute Gasteiger partial charge is 0.383 e. The van der Waals surface area contributed by atoms with Gasteiger partial charge in [-0.25, -0.2) is 0 Å². The van der Waals surface area contributed by atoms with E-state index in [1.165, 1.54) is 28.4 Å². The standard InChI is InChI=1S/C13H20INO/c1-16-11-10-15-9-3-2-4-12-5-7-13(14)8-6-12/h5-8,15H,2-4,9-11H2,1H3. The second-order valence-corrected chi connectivity index (χ2v) is 5.07. The maximum absolute atomic E-state index is 4.97. The highest BCUT2D eigenvalue weighted by Crippen LogP contribution is 2.09. The summed E-state index contributed by atoms with van der Waals surface area (Å²) in [5, 5.41) is 3.36. The summed E-state index contributed by atoms with van der Waals surface area (Å²) >= 11 is 2.34. The molecular weight excluding hydrogens is 313 g/mol. The molecule has 90 valence electrons. The average Bonchev–Trinajstić information content (AvgIpc) is 2.30. The molecule has 0 bridgehead atoms. The minimum atomic E-state index is 0.803. The van der Waals surface area contributed by atoms with Gasteiger partial charge in [0.25, 0.3) is 0 Å². The van der Waals surface area contributed by atoms with E-state index in [9.17, 15) is 0 Å². The Bertz CT molecular complexity index is 274. The van der Waals surface area contributed by atoms with Gasteiger partial charge in [0.1, 0.15) is 0 Å². The molecular formula is C13H20INO. The Morgan fingerprint density at radius 1 is 1.12 bits per heavy atom. The van der Waals surface area contributed by atoms with Crippen LogP contribution in [0.5, 0.6) is 0 Å². The van der Waals surface area contributed by atoms with Crippen LogP contribution < -0.4 is 5.32 Å². The number of hydrogen-bond acceptors (Lipinski definition) is 2. The summed E-state index contributed by atoms with van der Waals surface area (Å²) in [6.07, 6.45) is 3.67. The molecule has 0 spiro atoms. The molecule has 16 heavy (non-hydrogen) atoms. The lowest BCUT2D eigenvalue weighted by atomic mass is 10.1. The van der Waals surface area contributed by atoms with Crippen molar-refractivity contribution in [2.45, 2.75) is 19.3 Å². The molecule has 0 unspecified atom stereocenters. The number of hydrogen-bond donors (Lipinski definition) is 1. The predicted octanol–water partition coefficient (Wildman–Crippen LogP) is 2.85. The van der Waals surface area contributed by atoms with Crippen LogP contribution in [0, 0.1) is 3.57 Å². The molecule has 0 amide bonds. The lowest BCUT2D eigenvalue weighted by Crippen LogP contribution is -2.20. The van der Waals surface area contributed by atoms with Crippen molar-refractivity contribution in [2.24, 2.45) is 0 Å². The van der Waals surface area contributed by atoms with Gasteiger partial charge in [0, 0.05) is 17.2 Å². The predicted molar refractivity (Wildman–Crippen MR) is 76.8 cm³/mol. The number of unbranched alkanes of at least 4 members (excludes halogenated alkanes) is 1. The van der Waals surface area contributed by atoms with E-state index in [4.69, 9.17) is 4.74 Å². The van der Waals surface area contributed by atoms with Crippen molar-refractivity contribution in [1.82, 2.24) is 5.32 Å². The first kappa shape index (κ1) is 13.9. The van der Waals surface area contributed by atoms with Crippen LogP contribution in [0.3, 0.4) is 0 Å². The van der Waals surface area contributed by atoms with Gasteiger partial charge in [0.15, 0.2) is 0 Å². The van der Waals surface area contributed by atoms with Crippen molar-refractivity contribution >= 4 is 22.6 Å². The summed E-state index contributed by atoms with van der Waals surface area (Å²) in [6, 6.07) is 8.79. The highest BCUT2D eigenvalue weighted by atomic mass is 127. The topological polar surface area (TPSA) is 21.3 Å². The molecule has 0 atom stereocenters. The zero-order chi connectivity index (χ0) is 11.6. The van der Waals surface area contributed by atoms with Gasteiger partial charge in [0.05, 0.1) is 6.61 Å². The van der Waals surface area contributed by atoms with Crippen LogP contribution in [-0.4, -0.2) is 26.8 Å². The smallest absolute Gasteiger partial charge is 0.0587 e. The maximum atomic E-state index is 4.97. The van der Waals surface area contributed by atoms with E-state index in [1.54, 1.807) is 7.11 Å². The van der Waals surface area contributed by atoms with E-state index < -0.39 is 0 Å². The normalized spacial score (nSPS) is 10.6. The van der Waals surface area contributed by atoms with Crippen LogP contribution >= 0.6 is 22.6 Å². The van der Waals surface area contributed by atoms with Gasteiger partial charge >= 0.3 is 0 Å². The third-order valence-corrected chi connectivity index (χ3v) is 3.18. The Morgan fingerprint density at radius 2 is 1.88 bits per heavy atom. The molecule has 1 aromatic carbocycles. The Labute approximate surface area is 112 Å². The molecule has 3 heteroatoms. The summed E-state index contributed by atoms with van der Waals surface area (Å²) in [4.78, 5) is 0. The molecule has 1 aromatic rings. The SMILES string of the molecule is COCCNCCCCc1ccc(I)cc1. The molecule has 0 heterocycles. The lowest BCUT2D eigenvalue weighted by molar-refractivity contribution is 0.199. The summed E-state index contributed by atoms with van der Waals surface area (Å²) in [7, 11) is 1.73. The molecule has 0 fully saturated rings. The fourth-order valence-electron chi connectivity index (χ4n) is 1.53. The van der Waals surface area contributed by atoms with E-state index >= 15 is 0 Å². The van der Waals surface area contributed by atoms with Crippen molar-refractivity contribution in [1.29, 1.82) is 0 Å². The van der Waals surface area contributed by atoms with Crippen molar-refractivity contribution < 1.29 is 4.74 Å². The molecule has 0 radical (unpaired) electrons. The third-order valence-electron chi connectivity index (χ3n) is 2.47. The van der Waals surface area contributed by atoms with E-state index in [2.05, 4.69) is 52.2 Å². The van der Waals surface area contributed by atoms with Crippen molar-refractivity contribution in [3.05, 3.63) is 33.4 Å². The van der Waals surface area contributed by atoms with Crippen molar-refractivity contribution in [2.75, 3.05) is 26.8 Å². The van der Waals surface area contributed by atoms with Crippen LogP contribution in [0.4, 0.5) is 0 Å². The maximum Gasteiger partial charge on any atom is 0.0587 e. The van der Waals surface area contributed by atoms with E-state index in [0.29, 0.717) is 0 Å². The number of rotatable bonds is 8. The van der Waals surface area contributed by atoms with Gasteiger partial charge in [-0.3, -0.25) is 0 Å². The Hall–Kier alpha value is -0.130. The number of benzene rings is 1. The fourth-order valence-corrected chi connectivity index (χ4v) is 1.89. The molecule has 0 saturated heterocycles. The summed E-state index contributed by atoms with van der Waals surface area (Å²) < 4.78 is 6.27. The molecule has 2 nitrogen and oxygen atoms in total. The number of methoxy groups -OCH3 is 1. The summed E-state index contributed by atoms with van der Waals surface area (Å²) in [5.74, 6) is 0. The van der Waals surface area contributed by atoms with Crippen LogP contribution in [0.25, 0.3) is 0 Å². The number of nitrogens with one attached hydrogen (secondary N) is 1. The first-order valence-electron chi connectivity index (χ1n) is 5.77. The summed E-state index contributed by atoms with van der Waals surface area (Å²) in [6.45, 7) is 2.85. The summed E-state index contributed by atoms with van der Waals surface area (Å²) in [5.41, 5.74) is 1.44. The average molecular weight is 333 g/mol. The minimum absolute atomic E-state index is 0.803. The van der Waals surface area contributed by atoms with Crippen LogP contribution in [0.15, 0.2) is 24.3 Å². The molecule has 0 aliphatic carbocycles. The van der Waals surface area contributed by atoms with Crippen LogP contribution in [0.1, 0.15) is 18.4 Å². The van der Waals surface area contributed by atoms with Gasteiger partial charge in [-0.05, 0) is 66.1 Å². The van der Waals surface area contributed by atoms with Gasteiger partial charge in [0.2, 0.25) is 0 Å². The lowest BCUT2D eigenvalue weighted by Gasteiger charge is -2.04. The van der Waals surface area contributed by atoms with E-state index in [0.717, 1.165) is 19.7 Å². The molecule has 0 aliphatic heterocycles. The van der Waals surface area contributed by atoms with Crippen molar-refractivity contribution in [3.63, 3.8) is 0 Å². The molecule has 1 N–H and O–H groups in total. The molecule has 0 aromatic heterocycles. The molecule has 0 aliphatic rings.